The standard InChI is InChI=1S/C12H18ClN/c1-9(2)6-10-4-5-12(13)11(7-10)8-14-3/h4-5,7,9,14H,6,8H2,1-3H3. The van der Waals surface area contributed by atoms with Gasteiger partial charge in [0, 0.05) is 11.6 Å². The van der Waals surface area contributed by atoms with E-state index in [0.29, 0.717) is 5.92 Å². The fraction of sp³-hybridized carbons (Fsp3) is 0.500. The van der Waals surface area contributed by atoms with E-state index in [2.05, 4.69) is 31.3 Å². The molecule has 1 aromatic rings. The van der Waals surface area contributed by atoms with Gasteiger partial charge in [0.1, 0.15) is 0 Å². The summed E-state index contributed by atoms with van der Waals surface area (Å²) >= 11 is 6.07. The van der Waals surface area contributed by atoms with E-state index in [-0.39, 0.29) is 0 Å². The zero-order valence-corrected chi connectivity index (χ0v) is 9.86. The molecule has 0 amide bonds. The summed E-state index contributed by atoms with van der Waals surface area (Å²) in [6.07, 6.45) is 1.12. The van der Waals surface area contributed by atoms with E-state index >= 15 is 0 Å². The second-order valence-electron chi connectivity index (χ2n) is 4.05. The van der Waals surface area contributed by atoms with E-state index in [4.69, 9.17) is 11.6 Å². The van der Waals surface area contributed by atoms with Crippen molar-refractivity contribution >= 4 is 11.6 Å². The summed E-state index contributed by atoms with van der Waals surface area (Å²) in [4.78, 5) is 0. The largest absolute Gasteiger partial charge is 0.316 e. The minimum atomic E-state index is 0.693. The van der Waals surface area contributed by atoms with Crippen LogP contribution in [0.4, 0.5) is 0 Å². The van der Waals surface area contributed by atoms with E-state index < -0.39 is 0 Å². The average molecular weight is 212 g/mol. The molecular formula is C12H18ClN. The van der Waals surface area contributed by atoms with Crippen molar-refractivity contribution in [1.29, 1.82) is 0 Å². The smallest absolute Gasteiger partial charge is 0.0451 e. The van der Waals surface area contributed by atoms with Gasteiger partial charge in [-0.15, -0.1) is 0 Å². The number of hydrogen-bond acceptors (Lipinski definition) is 1. The number of nitrogens with one attached hydrogen (secondary N) is 1. The lowest BCUT2D eigenvalue weighted by Crippen LogP contribution is -2.06. The fourth-order valence-corrected chi connectivity index (χ4v) is 1.74. The van der Waals surface area contributed by atoms with Gasteiger partial charge in [-0.25, -0.2) is 0 Å². The van der Waals surface area contributed by atoms with Gasteiger partial charge in [0.2, 0.25) is 0 Å². The Hall–Kier alpha value is -0.530. The van der Waals surface area contributed by atoms with Gasteiger partial charge in [-0.2, -0.15) is 0 Å². The van der Waals surface area contributed by atoms with Crippen LogP contribution in [0.3, 0.4) is 0 Å². The van der Waals surface area contributed by atoms with Crippen molar-refractivity contribution in [2.45, 2.75) is 26.8 Å². The molecule has 0 radical (unpaired) electrons. The van der Waals surface area contributed by atoms with E-state index in [9.17, 15) is 0 Å². The first-order valence-electron chi connectivity index (χ1n) is 5.05. The van der Waals surface area contributed by atoms with Crippen LogP contribution in [0.5, 0.6) is 0 Å². The number of benzene rings is 1. The lowest BCUT2D eigenvalue weighted by Gasteiger charge is -2.09. The highest BCUT2D eigenvalue weighted by Crippen LogP contribution is 2.19. The zero-order valence-electron chi connectivity index (χ0n) is 9.10. The predicted octanol–water partition coefficient (Wildman–Crippen LogP) is 3.26. The summed E-state index contributed by atoms with van der Waals surface area (Å²) in [5, 5.41) is 3.97. The van der Waals surface area contributed by atoms with Gasteiger partial charge in [-0.3, -0.25) is 0 Å². The molecule has 1 rings (SSSR count). The first-order valence-corrected chi connectivity index (χ1v) is 5.43. The summed E-state index contributed by atoms with van der Waals surface area (Å²) < 4.78 is 0. The minimum Gasteiger partial charge on any atom is -0.316 e. The van der Waals surface area contributed by atoms with Crippen LogP contribution in [0, 0.1) is 5.92 Å². The molecule has 78 valence electrons. The van der Waals surface area contributed by atoms with Crippen LogP contribution in [0.1, 0.15) is 25.0 Å². The van der Waals surface area contributed by atoms with Crippen molar-refractivity contribution in [1.82, 2.24) is 5.32 Å². The third-order valence-electron chi connectivity index (χ3n) is 2.12. The Morgan fingerprint density at radius 1 is 1.36 bits per heavy atom. The Morgan fingerprint density at radius 3 is 2.64 bits per heavy atom. The summed E-state index contributed by atoms with van der Waals surface area (Å²) in [6.45, 7) is 5.30. The number of hydrogen-bond donors (Lipinski definition) is 1. The molecule has 14 heavy (non-hydrogen) atoms. The van der Waals surface area contributed by atoms with Gasteiger partial charge in [0.25, 0.3) is 0 Å². The monoisotopic (exact) mass is 211 g/mol. The second kappa shape index (κ2) is 5.38. The van der Waals surface area contributed by atoms with Crippen molar-refractivity contribution in [2.24, 2.45) is 5.92 Å². The molecule has 2 heteroatoms. The molecule has 0 atom stereocenters. The zero-order chi connectivity index (χ0) is 10.6. The molecule has 0 bridgehead atoms. The number of rotatable bonds is 4. The first kappa shape index (κ1) is 11.5. The van der Waals surface area contributed by atoms with Crippen LogP contribution in [0.15, 0.2) is 18.2 Å². The molecule has 0 fully saturated rings. The van der Waals surface area contributed by atoms with Gasteiger partial charge >= 0.3 is 0 Å². The highest BCUT2D eigenvalue weighted by molar-refractivity contribution is 6.31. The summed E-state index contributed by atoms with van der Waals surface area (Å²) in [5.74, 6) is 0.693. The van der Waals surface area contributed by atoms with Crippen LogP contribution in [-0.2, 0) is 13.0 Å². The third-order valence-corrected chi connectivity index (χ3v) is 2.49. The summed E-state index contributed by atoms with van der Waals surface area (Å²) in [7, 11) is 1.94. The molecule has 1 aromatic carbocycles. The second-order valence-corrected chi connectivity index (χ2v) is 4.46. The third kappa shape index (κ3) is 3.32. The van der Waals surface area contributed by atoms with E-state index in [1.54, 1.807) is 0 Å². The van der Waals surface area contributed by atoms with Gasteiger partial charge < -0.3 is 5.32 Å². The Kier molecular flexibility index (Phi) is 4.43. The Bertz CT molecular complexity index is 294. The fourth-order valence-electron chi connectivity index (χ4n) is 1.55. The summed E-state index contributed by atoms with van der Waals surface area (Å²) in [5.41, 5.74) is 2.56. The maximum atomic E-state index is 6.07. The van der Waals surface area contributed by atoms with Gasteiger partial charge in [0.05, 0.1) is 0 Å². The van der Waals surface area contributed by atoms with E-state index in [1.165, 1.54) is 11.1 Å². The normalized spacial score (nSPS) is 10.9. The van der Waals surface area contributed by atoms with Gasteiger partial charge in [0.15, 0.2) is 0 Å². The van der Waals surface area contributed by atoms with Crippen molar-refractivity contribution in [3.8, 4) is 0 Å². The number of halogens is 1. The first-order chi connectivity index (χ1) is 6.63. The molecule has 0 heterocycles. The minimum absolute atomic E-state index is 0.693. The van der Waals surface area contributed by atoms with Crippen LogP contribution >= 0.6 is 11.6 Å². The molecule has 0 unspecified atom stereocenters. The van der Waals surface area contributed by atoms with Gasteiger partial charge in [-0.1, -0.05) is 37.6 Å². The van der Waals surface area contributed by atoms with Crippen LogP contribution in [0.25, 0.3) is 0 Å². The van der Waals surface area contributed by atoms with Crippen molar-refractivity contribution < 1.29 is 0 Å². The molecule has 0 saturated heterocycles. The maximum Gasteiger partial charge on any atom is 0.0451 e. The lowest BCUT2D eigenvalue weighted by atomic mass is 10.0. The highest BCUT2D eigenvalue weighted by Gasteiger charge is 2.02. The Labute approximate surface area is 91.5 Å². The molecule has 0 saturated carbocycles. The topological polar surface area (TPSA) is 12.0 Å². The molecule has 1 N–H and O–H groups in total. The SMILES string of the molecule is CNCc1cc(CC(C)C)ccc1Cl. The van der Waals surface area contributed by atoms with Crippen LogP contribution in [0.2, 0.25) is 5.02 Å². The molecule has 0 aliphatic carbocycles. The van der Waals surface area contributed by atoms with E-state index in [0.717, 1.165) is 18.0 Å². The molecule has 1 nitrogen and oxygen atoms in total. The molecule has 0 aromatic heterocycles. The maximum absolute atomic E-state index is 6.07. The van der Waals surface area contributed by atoms with Crippen molar-refractivity contribution in [2.75, 3.05) is 7.05 Å². The molecular weight excluding hydrogens is 194 g/mol. The molecule has 0 aliphatic heterocycles. The van der Waals surface area contributed by atoms with Crippen LogP contribution in [-0.4, -0.2) is 7.05 Å². The van der Waals surface area contributed by atoms with Crippen molar-refractivity contribution in [3.05, 3.63) is 34.3 Å². The predicted molar refractivity (Wildman–Crippen MR) is 62.8 cm³/mol. The Morgan fingerprint density at radius 2 is 2.07 bits per heavy atom. The van der Waals surface area contributed by atoms with E-state index in [1.807, 2.05) is 13.1 Å². The highest BCUT2D eigenvalue weighted by atomic mass is 35.5. The molecule has 0 spiro atoms. The van der Waals surface area contributed by atoms with Crippen LogP contribution < -0.4 is 5.32 Å². The average Bonchev–Trinajstić information content (AvgIpc) is 2.10. The van der Waals surface area contributed by atoms with Gasteiger partial charge in [-0.05, 0) is 36.6 Å². The lowest BCUT2D eigenvalue weighted by molar-refractivity contribution is 0.646. The Balaban J connectivity index is 2.83. The summed E-state index contributed by atoms with van der Waals surface area (Å²) in [6, 6.07) is 6.30. The quantitative estimate of drug-likeness (QED) is 0.806. The van der Waals surface area contributed by atoms with Crippen molar-refractivity contribution in [3.63, 3.8) is 0 Å². The molecule has 0 aliphatic rings.